The predicted molar refractivity (Wildman–Crippen MR) is 101 cm³/mol. The Hall–Kier alpha value is -2.23. The third-order valence-electron chi connectivity index (χ3n) is 5.38. The molecule has 1 aromatic carbocycles. The number of anilines is 1. The van der Waals surface area contributed by atoms with Gasteiger partial charge in [0.25, 0.3) is 0 Å². The van der Waals surface area contributed by atoms with Crippen molar-refractivity contribution in [2.24, 2.45) is 0 Å². The molecular formula is C19H18F2N4O2S. The number of nitrogens with zero attached hydrogens (tertiary/aromatic N) is 3. The Morgan fingerprint density at radius 1 is 1.18 bits per heavy atom. The van der Waals surface area contributed by atoms with Gasteiger partial charge in [-0.15, -0.1) is 11.8 Å². The number of nitrogens with one attached hydrogen (secondary N) is 1. The van der Waals surface area contributed by atoms with Gasteiger partial charge in [0.05, 0.1) is 29.3 Å². The van der Waals surface area contributed by atoms with Crippen molar-refractivity contribution in [2.45, 2.75) is 35.8 Å². The number of aliphatic hydroxyl groups excluding tert-OH is 2. The molecule has 146 valence electrons. The molecular weight excluding hydrogens is 386 g/mol. The molecule has 0 radical (unpaired) electrons. The van der Waals surface area contributed by atoms with Crippen molar-refractivity contribution in [1.82, 2.24) is 14.4 Å². The number of hydrogen-bond donors (Lipinski definition) is 3. The number of fused-ring (bicyclic) bond motifs is 1. The topological polar surface area (TPSA) is 82.7 Å². The van der Waals surface area contributed by atoms with E-state index in [-0.39, 0.29) is 17.2 Å². The van der Waals surface area contributed by atoms with Crippen LogP contribution < -0.4 is 5.32 Å². The van der Waals surface area contributed by atoms with Crippen LogP contribution in [0.1, 0.15) is 28.8 Å². The molecule has 0 bridgehead atoms. The molecule has 0 spiro atoms. The van der Waals surface area contributed by atoms with Gasteiger partial charge in [-0.05, 0) is 24.1 Å². The number of aliphatic hydroxyl groups is 2. The molecule has 5 atom stereocenters. The highest BCUT2D eigenvalue weighted by Crippen LogP contribution is 2.44. The Morgan fingerprint density at radius 2 is 2.04 bits per heavy atom. The Bertz CT molecular complexity index is 1050. The van der Waals surface area contributed by atoms with Crippen LogP contribution >= 0.6 is 11.8 Å². The van der Waals surface area contributed by atoms with Crippen LogP contribution in [0.15, 0.2) is 36.8 Å². The maximum atomic E-state index is 13.5. The second-order valence-electron chi connectivity index (χ2n) is 7.23. The number of rotatable bonds is 4. The summed E-state index contributed by atoms with van der Waals surface area (Å²) in [6, 6.07) is 4.07. The minimum Gasteiger partial charge on any atom is -0.390 e. The highest BCUT2D eigenvalue weighted by atomic mass is 32.2. The largest absolute Gasteiger partial charge is 0.390 e. The standard InChI is InChI=1S/C19H18F2N4O2S/c20-11-2-1-9(5-12(11)21)10-6-13(10)24-18-19-23-7-14(25(19)4-3-22-18)17-16(27)15(26)8-28-17/h1-5,7,10,13,15-17,26-27H,6,8H2,(H,22,24)/t10-,13+,15-,16-,17+/m1/s1. The molecule has 6 nitrogen and oxygen atoms in total. The van der Waals surface area contributed by atoms with E-state index in [2.05, 4.69) is 15.3 Å². The van der Waals surface area contributed by atoms with Crippen LogP contribution in [0.3, 0.4) is 0 Å². The molecule has 3 heterocycles. The fourth-order valence-corrected chi connectivity index (χ4v) is 5.08. The van der Waals surface area contributed by atoms with Crippen LogP contribution in [0.25, 0.3) is 5.65 Å². The third-order valence-corrected chi connectivity index (χ3v) is 6.80. The molecule has 0 unspecified atom stereocenters. The zero-order valence-electron chi connectivity index (χ0n) is 14.7. The van der Waals surface area contributed by atoms with Crippen molar-refractivity contribution in [3.8, 4) is 0 Å². The van der Waals surface area contributed by atoms with Crippen molar-refractivity contribution in [3.05, 3.63) is 59.7 Å². The van der Waals surface area contributed by atoms with Crippen LogP contribution in [0, 0.1) is 11.6 Å². The van der Waals surface area contributed by atoms with E-state index < -0.39 is 23.8 Å². The van der Waals surface area contributed by atoms with Crippen LogP contribution in [0.2, 0.25) is 0 Å². The van der Waals surface area contributed by atoms with E-state index in [9.17, 15) is 19.0 Å². The van der Waals surface area contributed by atoms with Gasteiger partial charge in [-0.25, -0.2) is 18.7 Å². The number of aromatic nitrogens is 3. The van der Waals surface area contributed by atoms with Gasteiger partial charge < -0.3 is 15.5 Å². The Kier molecular flexibility index (Phi) is 4.26. The second kappa shape index (κ2) is 6.68. The average Bonchev–Trinajstić information content (AvgIpc) is 3.19. The second-order valence-corrected chi connectivity index (χ2v) is 8.41. The fourth-order valence-electron chi connectivity index (χ4n) is 3.75. The monoisotopic (exact) mass is 404 g/mol. The SMILES string of the molecule is O[C@@H]1[C@H](O)CS[C@H]1c1cnc2c(N[C@H]3C[C@@H]3c3ccc(F)c(F)c3)nccn12. The maximum absolute atomic E-state index is 13.5. The third kappa shape index (κ3) is 2.94. The van der Waals surface area contributed by atoms with E-state index in [0.717, 1.165) is 23.7 Å². The molecule has 2 aliphatic rings. The van der Waals surface area contributed by atoms with E-state index in [1.165, 1.54) is 17.8 Å². The normalized spacial score (nSPS) is 29.4. The van der Waals surface area contributed by atoms with E-state index in [1.54, 1.807) is 24.7 Å². The van der Waals surface area contributed by atoms with Gasteiger partial charge in [0.15, 0.2) is 23.1 Å². The summed E-state index contributed by atoms with van der Waals surface area (Å²) >= 11 is 1.50. The smallest absolute Gasteiger partial charge is 0.180 e. The van der Waals surface area contributed by atoms with Crippen LogP contribution in [-0.4, -0.2) is 48.6 Å². The minimum absolute atomic E-state index is 0.0666. The van der Waals surface area contributed by atoms with Crippen LogP contribution in [0.5, 0.6) is 0 Å². The summed E-state index contributed by atoms with van der Waals surface area (Å²) in [4.78, 5) is 8.82. The molecule has 3 aromatic rings. The average molecular weight is 404 g/mol. The molecule has 2 fully saturated rings. The molecule has 2 aromatic heterocycles. The maximum Gasteiger partial charge on any atom is 0.180 e. The predicted octanol–water partition coefficient (Wildman–Crippen LogP) is 2.49. The van der Waals surface area contributed by atoms with Crippen LogP contribution in [-0.2, 0) is 0 Å². The zero-order chi connectivity index (χ0) is 19.4. The van der Waals surface area contributed by atoms with Crippen molar-refractivity contribution in [1.29, 1.82) is 0 Å². The van der Waals surface area contributed by atoms with Gasteiger partial charge in [-0.2, -0.15) is 0 Å². The Labute approximate surface area is 163 Å². The molecule has 1 aliphatic carbocycles. The van der Waals surface area contributed by atoms with E-state index >= 15 is 0 Å². The highest BCUT2D eigenvalue weighted by Gasteiger charge is 2.40. The fraction of sp³-hybridized carbons (Fsp3) is 0.368. The lowest BCUT2D eigenvalue weighted by molar-refractivity contribution is 0.0411. The molecule has 28 heavy (non-hydrogen) atoms. The van der Waals surface area contributed by atoms with Gasteiger partial charge >= 0.3 is 0 Å². The number of thioether (sulfide) groups is 1. The van der Waals surface area contributed by atoms with E-state index in [1.807, 2.05) is 4.40 Å². The number of halogens is 2. The zero-order valence-corrected chi connectivity index (χ0v) is 15.5. The molecule has 1 saturated carbocycles. The quantitative estimate of drug-likeness (QED) is 0.620. The number of hydrogen-bond acceptors (Lipinski definition) is 6. The van der Waals surface area contributed by atoms with Gasteiger partial charge in [0.1, 0.15) is 0 Å². The summed E-state index contributed by atoms with van der Waals surface area (Å²) in [7, 11) is 0. The lowest BCUT2D eigenvalue weighted by Gasteiger charge is -2.15. The summed E-state index contributed by atoms with van der Waals surface area (Å²) < 4.78 is 28.5. The number of benzene rings is 1. The highest BCUT2D eigenvalue weighted by molar-refractivity contribution is 7.99. The summed E-state index contributed by atoms with van der Waals surface area (Å²) in [5.41, 5.74) is 2.19. The first-order valence-electron chi connectivity index (χ1n) is 9.04. The molecule has 0 amide bonds. The lowest BCUT2D eigenvalue weighted by Crippen LogP contribution is -2.25. The Morgan fingerprint density at radius 3 is 2.79 bits per heavy atom. The molecule has 9 heteroatoms. The van der Waals surface area contributed by atoms with Gasteiger partial charge in [-0.3, -0.25) is 4.40 Å². The van der Waals surface area contributed by atoms with Crippen molar-refractivity contribution >= 4 is 23.2 Å². The first kappa shape index (κ1) is 17.8. The first-order valence-corrected chi connectivity index (χ1v) is 10.1. The van der Waals surface area contributed by atoms with Gasteiger partial charge in [0, 0.05) is 30.1 Å². The summed E-state index contributed by atoms with van der Waals surface area (Å²) in [5, 5.41) is 23.1. The Balaban J connectivity index is 1.38. The molecule has 3 N–H and O–H groups in total. The van der Waals surface area contributed by atoms with Crippen molar-refractivity contribution in [2.75, 3.05) is 11.1 Å². The summed E-state index contributed by atoms with van der Waals surface area (Å²) in [6.07, 6.45) is 4.34. The van der Waals surface area contributed by atoms with E-state index in [4.69, 9.17) is 0 Å². The van der Waals surface area contributed by atoms with Gasteiger partial charge in [-0.1, -0.05) is 6.07 Å². The van der Waals surface area contributed by atoms with Crippen molar-refractivity contribution < 1.29 is 19.0 Å². The summed E-state index contributed by atoms with van der Waals surface area (Å²) in [5.74, 6) is -0.512. The minimum atomic E-state index is -0.845. The van der Waals surface area contributed by atoms with Gasteiger partial charge in [0.2, 0.25) is 0 Å². The number of imidazole rings is 1. The molecule has 1 saturated heterocycles. The van der Waals surface area contributed by atoms with Crippen molar-refractivity contribution in [3.63, 3.8) is 0 Å². The first-order chi connectivity index (χ1) is 13.5. The lowest BCUT2D eigenvalue weighted by atomic mass is 10.1. The molecule has 1 aliphatic heterocycles. The molecule has 5 rings (SSSR count). The van der Waals surface area contributed by atoms with E-state index in [0.29, 0.717) is 17.2 Å². The summed E-state index contributed by atoms with van der Waals surface area (Å²) in [6.45, 7) is 0. The van der Waals surface area contributed by atoms with Crippen LogP contribution in [0.4, 0.5) is 14.6 Å².